The lowest BCUT2D eigenvalue weighted by Crippen LogP contribution is -2.23. The Hall–Kier alpha value is -0.400. The maximum atomic E-state index is 13.5. The van der Waals surface area contributed by atoms with Crippen LogP contribution in [0, 0.1) is 12.7 Å². The molecule has 0 aliphatic carbocycles. The largest absolute Gasteiger partial charge is 0.611 e. The van der Waals surface area contributed by atoms with Crippen molar-refractivity contribution in [2.24, 2.45) is 0 Å². The normalized spacial score (nSPS) is 15.6. The third-order valence-corrected chi connectivity index (χ3v) is 4.08. The first-order valence-corrected chi connectivity index (χ1v) is 6.88. The molecule has 1 aromatic carbocycles. The van der Waals surface area contributed by atoms with Gasteiger partial charge >= 0.3 is 6.18 Å². The van der Waals surface area contributed by atoms with Crippen molar-refractivity contribution in [3.05, 3.63) is 29.1 Å². The van der Waals surface area contributed by atoms with Crippen LogP contribution < -0.4 is 0 Å². The molecule has 1 rings (SSSR count). The second-order valence-electron chi connectivity index (χ2n) is 3.92. The van der Waals surface area contributed by atoms with E-state index in [1.165, 1.54) is 13.0 Å². The number of thiol groups is 1. The molecular formula is C11H12F4OS2. The van der Waals surface area contributed by atoms with Crippen LogP contribution in [0.4, 0.5) is 17.6 Å². The summed E-state index contributed by atoms with van der Waals surface area (Å²) in [5.74, 6) is -1.98. The summed E-state index contributed by atoms with van der Waals surface area (Å²) < 4.78 is 61.7. The minimum atomic E-state index is -4.52. The molecule has 0 saturated carbocycles. The molecule has 0 N–H and O–H groups in total. The number of halogens is 4. The van der Waals surface area contributed by atoms with Crippen LogP contribution in [-0.2, 0) is 11.2 Å². The van der Waals surface area contributed by atoms with Crippen LogP contribution in [0.2, 0.25) is 0 Å². The standard InChI is InChI=1S/C11H12F4OS2/c1-6-3-9(12)8(7(2)17)4-10(6)18(16)5-11(13,14)15/h3-4,7,17H,5H2,1-2H3. The van der Waals surface area contributed by atoms with Gasteiger partial charge in [-0.1, -0.05) is 0 Å². The van der Waals surface area contributed by atoms with E-state index in [4.69, 9.17) is 0 Å². The predicted molar refractivity (Wildman–Crippen MR) is 65.9 cm³/mol. The average Bonchev–Trinajstić information content (AvgIpc) is 2.13. The molecule has 102 valence electrons. The van der Waals surface area contributed by atoms with Gasteiger partial charge in [-0.2, -0.15) is 25.8 Å². The number of benzene rings is 1. The van der Waals surface area contributed by atoms with Crippen molar-refractivity contribution in [2.75, 3.05) is 5.75 Å². The number of rotatable bonds is 3. The number of hydrogen-bond donors (Lipinski definition) is 1. The van der Waals surface area contributed by atoms with Crippen molar-refractivity contribution in [1.82, 2.24) is 0 Å². The molecule has 0 aliphatic heterocycles. The zero-order valence-corrected chi connectivity index (χ0v) is 11.4. The van der Waals surface area contributed by atoms with E-state index in [-0.39, 0.29) is 16.0 Å². The van der Waals surface area contributed by atoms with Crippen LogP contribution >= 0.6 is 12.6 Å². The Kier molecular flexibility index (Phi) is 4.97. The summed E-state index contributed by atoms with van der Waals surface area (Å²) in [4.78, 5) is 0.00428. The van der Waals surface area contributed by atoms with Crippen molar-refractivity contribution in [1.29, 1.82) is 0 Å². The van der Waals surface area contributed by atoms with Crippen molar-refractivity contribution in [3.8, 4) is 0 Å². The van der Waals surface area contributed by atoms with Crippen LogP contribution in [0.1, 0.15) is 23.3 Å². The third kappa shape index (κ3) is 4.07. The predicted octanol–water partition coefficient (Wildman–Crippen LogP) is 3.79. The molecule has 0 saturated heterocycles. The van der Waals surface area contributed by atoms with Gasteiger partial charge in [-0.25, -0.2) is 4.39 Å². The molecular weight excluding hydrogens is 288 g/mol. The zero-order valence-electron chi connectivity index (χ0n) is 9.71. The summed E-state index contributed by atoms with van der Waals surface area (Å²) in [6, 6.07) is 2.29. The highest BCUT2D eigenvalue weighted by molar-refractivity contribution is 7.91. The highest BCUT2D eigenvalue weighted by atomic mass is 32.2. The molecule has 2 unspecified atom stereocenters. The molecule has 18 heavy (non-hydrogen) atoms. The lowest BCUT2D eigenvalue weighted by molar-refractivity contribution is -0.106. The van der Waals surface area contributed by atoms with Crippen molar-refractivity contribution in [3.63, 3.8) is 0 Å². The van der Waals surface area contributed by atoms with Gasteiger partial charge in [0.25, 0.3) is 0 Å². The molecule has 0 heterocycles. The van der Waals surface area contributed by atoms with Crippen LogP contribution in [0.15, 0.2) is 17.0 Å². The van der Waals surface area contributed by atoms with E-state index < -0.39 is 34.2 Å². The van der Waals surface area contributed by atoms with Gasteiger partial charge in [0.1, 0.15) is 5.82 Å². The Morgan fingerprint density at radius 2 is 1.94 bits per heavy atom. The lowest BCUT2D eigenvalue weighted by Gasteiger charge is -2.16. The molecule has 1 nitrogen and oxygen atoms in total. The van der Waals surface area contributed by atoms with Gasteiger partial charge in [0.15, 0.2) is 4.90 Å². The van der Waals surface area contributed by atoms with E-state index in [1.54, 1.807) is 6.92 Å². The van der Waals surface area contributed by atoms with E-state index in [1.807, 2.05) is 0 Å². The molecule has 0 aromatic heterocycles. The fraction of sp³-hybridized carbons (Fsp3) is 0.455. The van der Waals surface area contributed by atoms with Gasteiger partial charge in [-0.15, -0.1) is 0 Å². The molecule has 0 amide bonds. The van der Waals surface area contributed by atoms with Crippen molar-refractivity contribution >= 4 is 23.8 Å². The minimum absolute atomic E-state index is 0.00428. The van der Waals surface area contributed by atoms with Gasteiger partial charge in [0.05, 0.1) is 0 Å². The Balaban J connectivity index is 3.12. The van der Waals surface area contributed by atoms with Gasteiger partial charge in [0.2, 0.25) is 5.75 Å². The van der Waals surface area contributed by atoms with Crippen molar-refractivity contribution in [2.45, 2.75) is 30.2 Å². The van der Waals surface area contributed by atoms with Gasteiger partial charge in [0, 0.05) is 22.4 Å². The smallest absolute Gasteiger partial charge is 0.433 e. The fourth-order valence-corrected chi connectivity index (χ4v) is 2.79. The molecule has 0 aliphatic rings. The average molecular weight is 300 g/mol. The zero-order chi connectivity index (χ0) is 14.1. The molecule has 0 radical (unpaired) electrons. The molecule has 0 spiro atoms. The van der Waals surface area contributed by atoms with Crippen LogP contribution in [0.3, 0.4) is 0 Å². The van der Waals surface area contributed by atoms with Gasteiger partial charge < -0.3 is 4.55 Å². The van der Waals surface area contributed by atoms with E-state index in [0.29, 0.717) is 0 Å². The van der Waals surface area contributed by atoms with Crippen LogP contribution in [0.5, 0.6) is 0 Å². The molecule has 2 atom stereocenters. The molecule has 7 heteroatoms. The highest BCUT2D eigenvalue weighted by Gasteiger charge is 2.36. The monoisotopic (exact) mass is 300 g/mol. The summed E-state index contributed by atoms with van der Waals surface area (Å²) in [5, 5.41) is -0.479. The van der Waals surface area contributed by atoms with Crippen LogP contribution in [0.25, 0.3) is 0 Å². The quantitative estimate of drug-likeness (QED) is 0.512. The topological polar surface area (TPSA) is 23.1 Å². The summed E-state index contributed by atoms with van der Waals surface area (Å²) in [5.41, 5.74) is 0.391. The SMILES string of the molecule is Cc1cc(F)c(C(C)S)cc1[S+]([O-])CC(F)(F)F. The van der Waals surface area contributed by atoms with E-state index >= 15 is 0 Å². The van der Waals surface area contributed by atoms with Crippen molar-refractivity contribution < 1.29 is 22.1 Å². The summed E-state index contributed by atoms with van der Waals surface area (Å²) in [6.07, 6.45) is -4.52. The Bertz CT molecular complexity index is 432. The number of aryl methyl sites for hydroxylation is 1. The number of alkyl halides is 3. The van der Waals surface area contributed by atoms with E-state index in [2.05, 4.69) is 12.6 Å². The molecule has 0 bridgehead atoms. The first-order valence-electron chi connectivity index (χ1n) is 5.05. The van der Waals surface area contributed by atoms with E-state index in [0.717, 1.165) is 6.07 Å². The molecule has 0 fully saturated rings. The molecule has 1 aromatic rings. The summed E-state index contributed by atoms with van der Waals surface area (Å²) >= 11 is 1.81. The van der Waals surface area contributed by atoms with E-state index in [9.17, 15) is 22.1 Å². The Morgan fingerprint density at radius 1 is 1.39 bits per heavy atom. The van der Waals surface area contributed by atoms with Gasteiger partial charge in [-0.3, -0.25) is 0 Å². The lowest BCUT2D eigenvalue weighted by atomic mass is 10.1. The summed E-state index contributed by atoms with van der Waals surface area (Å²) in [6.45, 7) is 3.02. The number of hydrogen-bond acceptors (Lipinski definition) is 2. The summed E-state index contributed by atoms with van der Waals surface area (Å²) in [7, 11) is 0. The van der Waals surface area contributed by atoms with Crippen LogP contribution in [-0.4, -0.2) is 16.5 Å². The fourth-order valence-electron chi connectivity index (χ4n) is 1.46. The first-order chi connectivity index (χ1) is 8.11. The second kappa shape index (κ2) is 5.71. The Morgan fingerprint density at radius 3 is 2.39 bits per heavy atom. The third-order valence-electron chi connectivity index (χ3n) is 2.28. The second-order valence-corrected chi connectivity index (χ2v) is 6.11. The minimum Gasteiger partial charge on any atom is -0.611 e. The first kappa shape index (κ1) is 15.7. The Labute approximate surface area is 111 Å². The van der Waals surface area contributed by atoms with Gasteiger partial charge in [-0.05, 0) is 31.1 Å². The highest BCUT2D eigenvalue weighted by Crippen LogP contribution is 2.30. The maximum absolute atomic E-state index is 13.5. The maximum Gasteiger partial charge on any atom is 0.433 e.